The summed E-state index contributed by atoms with van der Waals surface area (Å²) in [6, 6.07) is 4.46. The molecule has 7 atom stereocenters. The number of rotatable bonds is 4. The van der Waals surface area contributed by atoms with E-state index in [1.54, 1.807) is 0 Å². The molecule has 4 saturated carbocycles. The molecule has 186 valence electrons. The Labute approximate surface area is 203 Å². The number of aliphatic hydroxyl groups is 1. The molecule has 2 N–H and O–H groups in total. The first-order valence-electron chi connectivity index (χ1n) is 13.6. The number of methoxy groups -OCH3 is 1. The molecule has 5 aliphatic carbocycles. The number of phenolic OH excluding ortho intramolecular Hbond substituents is 1. The molecule has 0 radical (unpaired) electrons. The van der Waals surface area contributed by atoms with Crippen molar-refractivity contribution in [2.45, 2.75) is 101 Å². The van der Waals surface area contributed by atoms with Crippen LogP contribution in [0.2, 0.25) is 0 Å². The summed E-state index contributed by atoms with van der Waals surface area (Å²) in [6.45, 7) is 10.8. The lowest BCUT2D eigenvalue weighted by Crippen LogP contribution is -2.83. The summed E-state index contributed by atoms with van der Waals surface area (Å²) in [5, 5.41) is 23.2. The van der Waals surface area contributed by atoms with Crippen molar-refractivity contribution in [3.05, 3.63) is 23.3 Å². The fraction of sp³-hybridized carbons (Fsp3) is 0.793. The summed E-state index contributed by atoms with van der Waals surface area (Å²) in [4.78, 5) is 2.82. The first kappa shape index (κ1) is 21.9. The van der Waals surface area contributed by atoms with Crippen LogP contribution in [-0.2, 0) is 16.6 Å². The van der Waals surface area contributed by atoms with Crippen LogP contribution in [0.1, 0.15) is 77.3 Å². The highest BCUT2D eigenvalue weighted by Gasteiger charge is 2.82. The molecule has 8 rings (SSSR count). The molecule has 2 heterocycles. The number of ether oxygens (including phenoxy) is 2. The average molecular weight is 468 g/mol. The van der Waals surface area contributed by atoms with Gasteiger partial charge in [-0.3, -0.25) is 4.90 Å². The number of nitrogens with zero attached hydrogens (tertiary/aromatic N) is 1. The standard InChI is InChI=1S/C29H41NO4/c1-25(2,3)26(4,32)20-15-27-10-11-29(20,33-5)24-28(27)12-13-30(16-17-6-7-17)21(27)14-18-8-9-19(31)23(34-24)22(18)28/h8-9,17,20-21,24,31-32H,6-7,10-16H2,1-5H3/t20-,21-,24+,26+,27?,28?,29-/m1/s1. The Morgan fingerprint density at radius 2 is 1.91 bits per heavy atom. The van der Waals surface area contributed by atoms with Crippen LogP contribution in [0.15, 0.2) is 12.1 Å². The van der Waals surface area contributed by atoms with E-state index in [1.807, 2.05) is 20.1 Å². The Kier molecular flexibility index (Phi) is 4.08. The maximum absolute atomic E-state index is 12.2. The molecular formula is C29H41NO4. The Hall–Kier alpha value is -1.30. The zero-order valence-corrected chi connectivity index (χ0v) is 21.5. The summed E-state index contributed by atoms with van der Waals surface area (Å²) in [6.07, 6.45) is 7.64. The van der Waals surface area contributed by atoms with Crippen LogP contribution < -0.4 is 4.74 Å². The van der Waals surface area contributed by atoms with E-state index >= 15 is 0 Å². The highest BCUT2D eigenvalue weighted by atomic mass is 16.6. The molecule has 4 bridgehead atoms. The van der Waals surface area contributed by atoms with Crippen LogP contribution in [-0.4, -0.2) is 58.7 Å². The van der Waals surface area contributed by atoms with E-state index in [0.29, 0.717) is 11.8 Å². The summed E-state index contributed by atoms with van der Waals surface area (Å²) in [5.74, 6) is 1.80. The van der Waals surface area contributed by atoms with Gasteiger partial charge >= 0.3 is 0 Å². The van der Waals surface area contributed by atoms with Crippen LogP contribution in [0.3, 0.4) is 0 Å². The molecule has 5 nitrogen and oxygen atoms in total. The molecule has 1 saturated heterocycles. The van der Waals surface area contributed by atoms with E-state index in [1.165, 1.54) is 30.5 Å². The lowest BCUT2D eigenvalue weighted by atomic mass is 9.33. The molecule has 5 heteroatoms. The number of phenols is 1. The maximum Gasteiger partial charge on any atom is 0.165 e. The van der Waals surface area contributed by atoms with Crippen molar-refractivity contribution in [1.82, 2.24) is 4.90 Å². The third-order valence-electron chi connectivity index (χ3n) is 11.9. The van der Waals surface area contributed by atoms with Crippen molar-refractivity contribution < 1.29 is 19.7 Å². The Bertz CT molecular complexity index is 1060. The highest BCUT2D eigenvalue weighted by molar-refractivity contribution is 5.63. The van der Waals surface area contributed by atoms with Gasteiger partial charge in [-0.15, -0.1) is 0 Å². The van der Waals surface area contributed by atoms with Gasteiger partial charge in [0.25, 0.3) is 0 Å². The molecule has 5 fully saturated rings. The first-order valence-corrected chi connectivity index (χ1v) is 13.6. The number of piperidine rings is 1. The summed E-state index contributed by atoms with van der Waals surface area (Å²) < 4.78 is 13.5. The second kappa shape index (κ2) is 6.33. The van der Waals surface area contributed by atoms with Crippen molar-refractivity contribution in [3.8, 4) is 11.5 Å². The normalized spacial score (nSPS) is 43.9. The molecule has 1 aromatic rings. The van der Waals surface area contributed by atoms with Gasteiger partial charge in [-0.05, 0) is 81.4 Å². The minimum Gasteiger partial charge on any atom is -0.504 e. The van der Waals surface area contributed by atoms with Crippen molar-refractivity contribution in [1.29, 1.82) is 0 Å². The number of hydrogen-bond donors (Lipinski definition) is 2. The van der Waals surface area contributed by atoms with E-state index in [2.05, 4.69) is 31.7 Å². The number of hydrogen-bond acceptors (Lipinski definition) is 5. The average Bonchev–Trinajstić information content (AvgIpc) is 3.53. The smallest absolute Gasteiger partial charge is 0.165 e. The third-order valence-corrected chi connectivity index (χ3v) is 11.9. The molecule has 2 aliphatic heterocycles. The van der Waals surface area contributed by atoms with Crippen molar-refractivity contribution >= 4 is 0 Å². The quantitative estimate of drug-likeness (QED) is 0.687. The predicted molar refractivity (Wildman–Crippen MR) is 130 cm³/mol. The number of aromatic hydroxyl groups is 1. The van der Waals surface area contributed by atoms with Crippen molar-refractivity contribution in [2.24, 2.45) is 22.7 Å². The lowest BCUT2D eigenvalue weighted by Gasteiger charge is -2.75. The van der Waals surface area contributed by atoms with Crippen molar-refractivity contribution in [3.63, 3.8) is 0 Å². The number of benzene rings is 1. The van der Waals surface area contributed by atoms with Gasteiger partial charge in [0.1, 0.15) is 11.7 Å². The molecule has 34 heavy (non-hydrogen) atoms. The van der Waals surface area contributed by atoms with Gasteiger partial charge in [0.15, 0.2) is 11.5 Å². The predicted octanol–water partition coefficient (Wildman–Crippen LogP) is 4.41. The van der Waals surface area contributed by atoms with Gasteiger partial charge in [-0.25, -0.2) is 0 Å². The Morgan fingerprint density at radius 1 is 1.15 bits per heavy atom. The first-order chi connectivity index (χ1) is 16.0. The van der Waals surface area contributed by atoms with E-state index in [4.69, 9.17) is 9.47 Å². The van der Waals surface area contributed by atoms with Crippen LogP contribution in [0, 0.1) is 22.7 Å². The lowest BCUT2D eigenvalue weighted by molar-refractivity contribution is -0.312. The van der Waals surface area contributed by atoms with Crippen LogP contribution >= 0.6 is 0 Å². The third kappa shape index (κ3) is 2.25. The van der Waals surface area contributed by atoms with Gasteiger partial charge in [-0.2, -0.15) is 0 Å². The number of fused-ring (bicyclic) bond motifs is 2. The fourth-order valence-electron chi connectivity index (χ4n) is 9.58. The van der Waals surface area contributed by atoms with Gasteiger partial charge < -0.3 is 19.7 Å². The van der Waals surface area contributed by atoms with E-state index in [-0.39, 0.29) is 34.0 Å². The highest BCUT2D eigenvalue weighted by Crippen LogP contribution is 2.78. The summed E-state index contributed by atoms with van der Waals surface area (Å²) in [7, 11) is 1.83. The Balaban J connectivity index is 1.47. The van der Waals surface area contributed by atoms with Gasteiger partial charge in [0.2, 0.25) is 0 Å². The van der Waals surface area contributed by atoms with Crippen LogP contribution in [0.25, 0.3) is 0 Å². The van der Waals surface area contributed by atoms with E-state index in [0.717, 1.165) is 44.6 Å². The SMILES string of the molecule is CO[C@]12CCC3(C[C@@H]1[C@](C)(O)C(C)(C)C)[C@H]1Cc4ccc(O)c5c4C3(CCN1CC1CC1)[C@@H]2O5. The molecule has 2 unspecified atom stereocenters. The van der Waals surface area contributed by atoms with Crippen LogP contribution in [0.4, 0.5) is 0 Å². The van der Waals surface area contributed by atoms with E-state index < -0.39 is 11.2 Å². The molecule has 1 aromatic carbocycles. The largest absolute Gasteiger partial charge is 0.504 e. The topological polar surface area (TPSA) is 62.2 Å². The van der Waals surface area contributed by atoms with Gasteiger partial charge in [-0.1, -0.05) is 26.8 Å². The molecular weight excluding hydrogens is 426 g/mol. The zero-order chi connectivity index (χ0) is 23.9. The second-order valence-electron chi connectivity index (χ2n) is 13.8. The van der Waals surface area contributed by atoms with Crippen LogP contribution in [0.5, 0.6) is 11.5 Å². The molecule has 2 spiro atoms. The van der Waals surface area contributed by atoms with E-state index in [9.17, 15) is 10.2 Å². The van der Waals surface area contributed by atoms with Gasteiger partial charge in [0.05, 0.1) is 5.60 Å². The molecule has 0 amide bonds. The monoisotopic (exact) mass is 467 g/mol. The minimum atomic E-state index is -0.909. The van der Waals surface area contributed by atoms with Gasteiger partial charge in [0, 0.05) is 42.0 Å². The Morgan fingerprint density at radius 3 is 2.59 bits per heavy atom. The van der Waals surface area contributed by atoms with Crippen molar-refractivity contribution in [2.75, 3.05) is 20.2 Å². The number of likely N-dealkylation sites (tertiary alicyclic amines) is 1. The summed E-state index contributed by atoms with van der Waals surface area (Å²) in [5.41, 5.74) is 0.783. The fourth-order valence-corrected chi connectivity index (χ4v) is 9.58. The molecule has 0 aromatic heterocycles. The molecule has 7 aliphatic rings. The second-order valence-corrected chi connectivity index (χ2v) is 13.8. The maximum atomic E-state index is 12.2. The minimum absolute atomic E-state index is 0.0294. The summed E-state index contributed by atoms with van der Waals surface area (Å²) >= 11 is 0. The zero-order valence-electron chi connectivity index (χ0n) is 21.5.